The second-order valence-corrected chi connectivity index (χ2v) is 13.2. The van der Waals surface area contributed by atoms with Crippen LogP contribution in [-0.2, 0) is 15.1 Å². The molecule has 0 radical (unpaired) electrons. The van der Waals surface area contributed by atoms with E-state index in [4.69, 9.17) is 27.9 Å². The number of carbonyl (C=O) groups is 3. The lowest BCUT2D eigenvalue weighted by atomic mass is 10.1. The smallest absolute Gasteiger partial charge is 0.422 e. The van der Waals surface area contributed by atoms with Gasteiger partial charge in [0.25, 0.3) is 5.91 Å². The molecule has 1 aromatic heterocycles. The number of aryl methyl sites for hydroxylation is 1. The Hall–Kier alpha value is -5.15. The number of likely N-dealkylation sites (N-methyl/N-ethyl adjacent to an activating group) is 1. The second-order valence-electron chi connectivity index (χ2n) is 12.3. The van der Waals surface area contributed by atoms with E-state index in [0.717, 1.165) is 24.0 Å². The van der Waals surface area contributed by atoms with E-state index in [2.05, 4.69) is 30.9 Å². The highest BCUT2D eigenvalue weighted by atomic mass is 35.5. The molecular weight excluding hydrogens is 724 g/mol. The first-order chi connectivity index (χ1) is 24.6. The Morgan fingerprint density at radius 1 is 0.865 bits per heavy atom. The molecule has 5 rings (SSSR count). The Balaban J connectivity index is 1.17. The molecule has 1 aliphatic rings. The molecule has 1 fully saturated rings. The molecule has 0 unspecified atom stereocenters. The van der Waals surface area contributed by atoms with Crippen LogP contribution in [0.1, 0.15) is 40.7 Å². The first-order valence-electron chi connectivity index (χ1n) is 16.1. The van der Waals surface area contributed by atoms with Crippen molar-refractivity contribution in [1.82, 2.24) is 24.8 Å². The number of ether oxygens (including phenoxy) is 1. The summed E-state index contributed by atoms with van der Waals surface area (Å²) in [6, 6.07) is 18.0. The number of alkyl halides is 3. The quantitative estimate of drug-likeness (QED) is 0.125. The predicted octanol–water partition coefficient (Wildman–Crippen LogP) is 6.83. The molecule has 0 aliphatic heterocycles. The molecule has 3 aromatic carbocycles. The van der Waals surface area contributed by atoms with Crippen molar-refractivity contribution >= 4 is 64.2 Å². The molecule has 1 aliphatic carbocycles. The van der Waals surface area contributed by atoms with Crippen LogP contribution in [0.15, 0.2) is 66.7 Å². The maximum Gasteiger partial charge on any atom is 0.422 e. The van der Waals surface area contributed by atoms with Gasteiger partial charge in [-0.1, -0.05) is 41.4 Å². The van der Waals surface area contributed by atoms with Gasteiger partial charge < -0.3 is 30.5 Å². The van der Waals surface area contributed by atoms with Crippen molar-refractivity contribution in [2.45, 2.75) is 37.9 Å². The zero-order chi connectivity index (χ0) is 37.6. The van der Waals surface area contributed by atoms with E-state index in [-0.39, 0.29) is 24.3 Å². The Bertz CT molecular complexity index is 1930. The number of anilines is 4. The van der Waals surface area contributed by atoms with Crippen LogP contribution >= 0.6 is 23.2 Å². The molecule has 52 heavy (non-hydrogen) atoms. The number of nitrogens with zero attached hydrogens (tertiary/aromatic N) is 5. The maximum atomic E-state index is 13.1. The van der Waals surface area contributed by atoms with Crippen LogP contribution in [0.25, 0.3) is 0 Å². The van der Waals surface area contributed by atoms with Gasteiger partial charge in [-0.2, -0.15) is 28.1 Å². The average molecular weight is 760 g/mol. The van der Waals surface area contributed by atoms with Crippen molar-refractivity contribution in [3.05, 3.63) is 93.5 Å². The summed E-state index contributed by atoms with van der Waals surface area (Å²) < 4.78 is 43.6. The molecule has 1 heterocycles. The largest absolute Gasteiger partial charge is 0.454 e. The van der Waals surface area contributed by atoms with Crippen LogP contribution < -0.4 is 20.7 Å². The zero-order valence-corrected chi connectivity index (χ0v) is 29.9. The van der Waals surface area contributed by atoms with Crippen molar-refractivity contribution in [1.29, 1.82) is 0 Å². The fourth-order valence-corrected chi connectivity index (χ4v) is 5.40. The summed E-state index contributed by atoms with van der Waals surface area (Å²) >= 11 is 12.1. The van der Waals surface area contributed by atoms with Gasteiger partial charge >= 0.3 is 24.0 Å². The lowest BCUT2D eigenvalue weighted by molar-refractivity contribution is -0.154. The fourth-order valence-electron chi connectivity index (χ4n) is 5.10. The minimum absolute atomic E-state index is 0.0136. The third kappa shape index (κ3) is 10.2. The number of amides is 3. The topological polar surface area (TPSA) is 142 Å². The van der Waals surface area contributed by atoms with Gasteiger partial charge in [-0.3, -0.25) is 14.4 Å². The number of hydrogen-bond acceptors (Lipinski definition) is 9. The molecule has 0 atom stereocenters. The third-order valence-electron chi connectivity index (χ3n) is 8.17. The Morgan fingerprint density at radius 2 is 1.50 bits per heavy atom. The lowest BCUT2D eigenvalue weighted by Crippen LogP contribution is -2.38. The molecule has 12 nitrogen and oxygen atoms in total. The van der Waals surface area contributed by atoms with Crippen LogP contribution in [0.5, 0.6) is 6.01 Å². The highest BCUT2D eigenvalue weighted by Crippen LogP contribution is 2.48. The van der Waals surface area contributed by atoms with E-state index < -0.39 is 36.1 Å². The summed E-state index contributed by atoms with van der Waals surface area (Å²) in [7, 11) is 3.11. The van der Waals surface area contributed by atoms with Crippen LogP contribution in [0.2, 0.25) is 10.0 Å². The van der Waals surface area contributed by atoms with E-state index in [1.807, 2.05) is 19.1 Å². The van der Waals surface area contributed by atoms with Crippen LogP contribution in [-0.4, -0.2) is 82.4 Å². The van der Waals surface area contributed by atoms with Gasteiger partial charge in [-0.25, -0.2) is 0 Å². The Kier molecular flexibility index (Phi) is 11.7. The van der Waals surface area contributed by atoms with Crippen molar-refractivity contribution in [3.63, 3.8) is 0 Å². The van der Waals surface area contributed by atoms with Crippen molar-refractivity contribution < 1.29 is 32.3 Å². The zero-order valence-electron chi connectivity index (χ0n) is 28.4. The van der Waals surface area contributed by atoms with Gasteiger partial charge in [0.2, 0.25) is 11.9 Å². The van der Waals surface area contributed by atoms with Gasteiger partial charge in [-0.15, -0.1) is 0 Å². The molecule has 3 N–H and O–H groups in total. The number of hydrogen-bond donors (Lipinski definition) is 3. The molecule has 0 saturated heterocycles. The number of halogens is 5. The molecule has 17 heteroatoms. The summed E-state index contributed by atoms with van der Waals surface area (Å²) in [5.41, 5.74) is 2.45. The van der Waals surface area contributed by atoms with Crippen molar-refractivity contribution in [2.24, 2.45) is 0 Å². The van der Waals surface area contributed by atoms with Crippen molar-refractivity contribution in [2.75, 3.05) is 49.7 Å². The Morgan fingerprint density at radius 3 is 2.13 bits per heavy atom. The van der Waals surface area contributed by atoms with Gasteiger partial charge in [0, 0.05) is 54.2 Å². The minimum atomic E-state index is -4.61. The van der Waals surface area contributed by atoms with E-state index in [1.54, 1.807) is 61.6 Å². The standard InChI is InChI=1S/C35H35Cl2F3N8O4/c1-21-5-12-26(19-27(21)37)41-28(49)30(51)48(3)18-4-17-47(2)29(50)22-6-13-25(14-7-22)42-31-43-32(45-33(44-31)52-20-35(38,39)40)46-34(15-16-34)23-8-10-24(36)11-9-23/h5-14,19H,4,15-18,20H2,1-3H3,(H,41,49)(H2,42,43,44,45,46). The maximum absolute atomic E-state index is 13.1. The van der Waals surface area contributed by atoms with E-state index >= 15 is 0 Å². The number of nitrogens with one attached hydrogen (secondary N) is 3. The molecule has 0 spiro atoms. The third-order valence-corrected chi connectivity index (χ3v) is 8.83. The second kappa shape index (κ2) is 16.0. The molecule has 1 saturated carbocycles. The minimum Gasteiger partial charge on any atom is -0.454 e. The Labute approximate surface area is 307 Å². The summed E-state index contributed by atoms with van der Waals surface area (Å²) in [6.45, 7) is 0.751. The molecule has 4 aromatic rings. The monoisotopic (exact) mass is 758 g/mol. The average Bonchev–Trinajstić information content (AvgIpc) is 3.88. The summed E-state index contributed by atoms with van der Waals surface area (Å²) in [5, 5.41) is 9.71. The van der Waals surface area contributed by atoms with E-state index in [1.165, 1.54) is 16.8 Å². The number of rotatable bonds is 13. The van der Waals surface area contributed by atoms with Gasteiger partial charge in [-0.05, 0) is 85.8 Å². The van der Waals surface area contributed by atoms with Crippen LogP contribution in [0, 0.1) is 6.92 Å². The molecule has 0 bridgehead atoms. The van der Waals surface area contributed by atoms with Gasteiger partial charge in [0.05, 0.1) is 5.54 Å². The van der Waals surface area contributed by atoms with Crippen molar-refractivity contribution in [3.8, 4) is 6.01 Å². The first-order valence-corrected chi connectivity index (χ1v) is 16.8. The number of benzene rings is 3. The highest BCUT2D eigenvalue weighted by molar-refractivity contribution is 6.39. The number of carbonyl (C=O) groups excluding carboxylic acids is 3. The lowest BCUT2D eigenvalue weighted by Gasteiger charge is -2.21. The predicted molar refractivity (Wildman–Crippen MR) is 191 cm³/mol. The molecule has 3 amide bonds. The first kappa shape index (κ1) is 38.1. The van der Waals surface area contributed by atoms with E-state index in [0.29, 0.717) is 39.9 Å². The highest BCUT2D eigenvalue weighted by Gasteiger charge is 2.45. The SMILES string of the molecule is Cc1ccc(NC(=O)C(=O)N(C)CCCN(C)C(=O)c2ccc(Nc3nc(NC4(c5ccc(Cl)cc5)CC4)nc(OCC(F)(F)F)n3)cc2)cc1Cl. The molecule has 274 valence electrons. The summed E-state index contributed by atoms with van der Waals surface area (Å²) in [6.07, 6.45) is -2.72. The van der Waals surface area contributed by atoms with E-state index in [9.17, 15) is 27.6 Å². The van der Waals surface area contributed by atoms with Gasteiger partial charge in [0.15, 0.2) is 6.61 Å². The van der Waals surface area contributed by atoms with Crippen LogP contribution in [0.3, 0.4) is 0 Å². The molecular formula is C35H35Cl2F3N8O4. The van der Waals surface area contributed by atoms with Gasteiger partial charge in [0.1, 0.15) is 0 Å². The summed E-state index contributed by atoms with van der Waals surface area (Å²) in [5.74, 6) is -1.89. The normalized spacial score (nSPS) is 13.2. The fraction of sp³-hybridized carbons (Fsp3) is 0.314. The van der Waals surface area contributed by atoms with Crippen LogP contribution in [0.4, 0.5) is 36.4 Å². The number of aromatic nitrogens is 3. The summed E-state index contributed by atoms with van der Waals surface area (Å²) in [4.78, 5) is 53.3.